The first-order chi connectivity index (χ1) is 13.2. The van der Waals surface area contributed by atoms with E-state index in [2.05, 4.69) is 10.4 Å². The van der Waals surface area contributed by atoms with E-state index in [1.54, 1.807) is 28.8 Å². The molecule has 2 heterocycles. The molecule has 0 spiro atoms. The van der Waals surface area contributed by atoms with E-state index in [-0.39, 0.29) is 18.6 Å². The topological polar surface area (TPSA) is 85.7 Å². The zero-order valence-corrected chi connectivity index (χ0v) is 16.7. The second kappa shape index (κ2) is 7.92. The highest BCUT2D eigenvalue weighted by molar-refractivity contribution is 5.92. The van der Waals surface area contributed by atoms with Crippen LogP contribution in [0.4, 0.5) is 10.6 Å². The van der Waals surface area contributed by atoms with Crippen LogP contribution in [0.3, 0.4) is 0 Å². The van der Waals surface area contributed by atoms with Crippen LogP contribution in [0.15, 0.2) is 30.3 Å². The summed E-state index contributed by atoms with van der Waals surface area (Å²) in [6.07, 6.45) is 0.241. The second-order valence-electron chi connectivity index (χ2n) is 7.70. The van der Waals surface area contributed by atoms with E-state index in [0.29, 0.717) is 31.1 Å². The molecule has 8 nitrogen and oxygen atoms in total. The van der Waals surface area contributed by atoms with Crippen LogP contribution >= 0.6 is 0 Å². The lowest BCUT2D eigenvalue weighted by Crippen LogP contribution is -2.40. The van der Waals surface area contributed by atoms with Crippen molar-refractivity contribution in [3.8, 4) is 5.75 Å². The maximum absolute atomic E-state index is 12.4. The van der Waals surface area contributed by atoms with Crippen LogP contribution in [-0.2, 0) is 29.5 Å². The molecular formula is C20H26N4O4. The van der Waals surface area contributed by atoms with Gasteiger partial charge in [0, 0.05) is 25.6 Å². The number of anilines is 1. The molecule has 0 atom stereocenters. The molecule has 0 radical (unpaired) electrons. The first-order valence-corrected chi connectivity index (χ1v) is 9.23. The average Bonchev–Trinajstić information content (AvgIpc) is 2.94. The number of aromatic nitrogens is 2. The first-order valence-electron chi connectivity index (χ1n) is 9.23. The normalized spacial score (nSPS) is 13.6. The standard InChI is InChI=1S/C20H26N4O4/c1-20(2,3)28-19(26)24-11-10-16-15(12-24)18(23(4)22-16)21-17(25)13-27-14-8-6-5-7-9-14/h5-9H,10-13H2,1-4H3,(H,21,25). The van der Waals surface area contributed by atoms with Crippen LogP contribution in [-0.4, -0.2) is 45.4 Å². The van der Waals surface area contributed by atoms with Crippen molar-refractivity contribution in [2.75, 3.05) is 18.5 Å². The monoisotopic (exact) mass is 386 g/mol. The molecular weight excluding hydrogens is 360 g/mol. The summed E-state index contributed by atoms with van der Waals surface area (Å²) in [6.45, 7) is 6.27. The average molecular weight is 386 g/mol. The lowest BCUT2D eigenvalue weighted by atomic mass is 10.1. The Morgan fingerprint density at radius 1 is 1.21 bits per heavy atom. The van der Waals surface area contributed by atoms with Gasteiger partial charge in [-0.15, -0.1) is 0 Å². The predicted octanol–water partition coefficient (Wildman–Crippen LogP) is 2.73. The maximum atomic E-state index is 12.4. The number of carbonyl (C=O) groups is 2. The van der Waals surface area contributed by atoms with Gasteiger partial charge in [-0.1, -0.05) is 18.2 Å². The minimum Gasteiger partial charge on any atom is -0.484 e. The summed E-state index contributed by atoms with van der Waals surface area (Å²) in [5.74, 6) is 0.912. The van der Waals surface area contributed by atoms with Crippen molar-refractivity contribution in [1.82, 2.24) is 14.7 Å². The highest BCUT2D eigenvalue weighted by Gasteiger charge is 2.30. The molecule has 0 bridgehead atoms. The smallest absolute Gasteiger partial charge is 0.410 e. The highest BCUT2D eigenvalue weighted by Crippen LogP contribution is 2.27. The Labute approximate surface area is 164 Å². The number of nitrogens with one attached hydrogen (secondary N) is 1. The molecule has 2 amide bonds. The van der Waals surface area contributed by atoms with Gasteiger partial charge in [0.1, 0.15) is 17.2 Å². The van der Waals surface area contributed by atoms with Crippen molar-refractivity contribution in [3.63, 3.8) is 0 Å². The van der Waals surface area contributed by atoms with E-state index in [4.69, 9.17) is 9.47 Å². The molecule has 1 N–H and O–H groups in total. The number of aryl methyl sites for hydroxylation is 1. The maximum Gasteiger partial charge on any atom is 0.410 e. The second-order valence-corrected chi connectivity index (χ2v) is 7.70. The highest BCUT2D eigenvalue weighted by atomic mass is 16.6. The summed E-state index contributed by atoms with van der Waals surface area (Å²) in [7, 11) is 1.77. The zero-order chi connectivity index (χ0) is 20.3. The van der Waals surface area contributed by atoms with E-state index in [0.717, 1.165) is 11.3 Å². The summed E-state index contributed by atoms with van der Waals surface area (Å²) in [4.78, 5) is 26.4. The summed E-state index contributed by atoms with van der Waals surface area (Å²) < 4.78 is 12.6. The number of hydrogen-bond donors (Lipinski definition) is 1. The lowest BCUT2D eigenvalue weighted by molar-refractivity contribution is -0.118. The molecule has 28 heavy (non-hydrogen) atoms. The third-order valence-electron chi connectivity index (χ3n) is 4.22. The third kappa shape index (κ3) is 4.82. The Morgan fingerprint density at radius 3 is 2.61 bits per heavy atom. The van der Waals surface area contributed by atoms with E-state index < -0.39 is 5.60 Å². The first kappa shape index (κ1) is 19.7. The number of hydrogen-bond acceptors (Lipinski definition) is 5. The number of rotatable bonds is 4. The quantitative estimate of drug-likeness (QED) is 0.873. The Balaban J connectivity index is 1.66. The molecule has 2 aromatic rings. The largest absolute Gasteiger partial charge is 0.484 e. The van der Waals surface area contributed by atoms with Gasteiger partial charge >= 0.3 is 6.09 Å². The molecule has 8 heteroatoms. The number of para-hydroxylation sites is 1. The molecule has 0 fully saturated rings. The van der Waals surface area contributed by atoms with E-state index in [1.807, 2.05) is 39.0 Å². The fourth-order valence-corrected chi connectivity index (χ4v) is 2.97. The predicted molar refractivity (Wildman–Crippen MR) is 104 cm³/mol. The molecule has 1 aromatic carbocycles. The number of carbonyl (C=O) groups excluding carboxylic acids is 2. The van der Waals surface area contributed by atoms with Crippen molar-refractivity contribution in [3.05, 3.63) is 41.6 Å². The molecule has 3 rings (SSSR count). The molecule has 0 aliphatic carbocycles. The Morgan fingerprint density at radius 2 is 1.93 bits per heavy atom. The summed E-state index contributed by atoms with van der Waals surface area (Å²) in [5.41, 5.74) is 1.15. The molecule has 0 saturated heterocycles. The minimum atomic E-state index is -0.557. The number of nitrogens with zero attached hydrogens (tertiary/aromatic N) is 3. The number of amides is 2. The van der Waals surface area contributed by atoms with Crippen molar-refractivity contribution in [1.29, 1.82) is 0 Å². The lowest BCUT2D eigenvalue weighted by Gasteiger charge is -2.29. The number of fused-ring (bicyclic) bond motifs is 1. The van der Waals surface area contributed by atoms with Gasteiger partial charge < -0.3 is 19.7 Å². The van der Waals surface area contributed by atoms with E-state index in [9.17, 15) is 9.59 Å². The fourth-order valence-electron chi connectivity index (χ4n) is 2.97. The number of benzene rings is 1. The Kier molecular flexibility index (Phi) is 5.58. The molecule has 1 aromatic heterocycles. The van der Waals surface area contributed by atoms with Gasteiger partial charge in [-0.2, -0.15) is 5.10 Å². The summed E-state index contributed by atoms with van der Waals surface area (Å²) in [5, 5.41) is 7.33. The van der Waals surface area contributed by atoms with Crippen molar-refractivity contribution in [2.45, 2.75) is 39.3 Å². The zero-order valence-electron chi connectivity index (χ0n) is 16.7. The molecule has 150 valence electrons. The van der Waals surface area contributed by atoms with Crippen LogP contribution in [0.2, 0.25) is 0 Å². The molecule has 1 aliphatic rings. The van der Waals surface area contributed by atoms with Gasteiger partial charge in [0.05, 0.1) is 12.2 Å². The van der Waals surface area contributed by atoms with Gasteiger partial charge in [0.15, 0.2) is 6.61 Å². The van der Waals surface area contributed by atoms with Gasteiger partial charge in [-0.25, -0.2) is 4.79 Å². The fraction of sp³-hybridized carbons (Fsp3) is 0.450. The summed E-state index contributed by atoms with van der Waals surface area (Å²) >= 11 is 0. The summed E-state index contributed by atoms with van der Waals surface area (Å²) in [6, 6.07) is 9.15. The van der Waals surface area contributed by atoms with Gasteiger partial charge in [-0.3, -0.25) is 9.48 Å². The Hall–Kier alpha value is -3.03. The van der Waals surface area contributed by atoms with E-state index >= 15 is 0 Å². The van der Waals surface area contributed by atoms with Crippen LogP contribution in [0.1, 0.15) is 32.0 Å². The third-order valence-corrected chi connectivity index (χ3v) is 4.22. The minimum absolute atomic E-state index is 0.111. The Bertz CT molecular complexity index is 855. The van der Waals surface area contributed by atoms with Crippen LogP contribution < -0.4 is 10.1 Å². The van der Waals surface area contributed by atoms with Gasteiger partial charge in [-0.05, 0) is 32.9 Å². The van der Waals surface area contributed by atoms with E-state index in [1.165, 1.54) is 0 Å². The van der Waals surface area contributed by atoms with Crippen molar-refractivity contribution < 1.29 is 19.1 Å². The van der Waals surface area contributed by atoms with Gasteiger partial charge in [0.25, 0.3) is 5.91 Å². The van der Waals surface area contributed by atoms with Crippen molar-refractivity contribution in [2.24, 2.45) is 7.05 Å². The van der Waals surface area contributed by atoms with Gasteiger partial charge in [0.2, 0.25) is 0 Å². The van der Waals surface area contributed by atoms with Crippen molar-refractivity contribution >= 4 is 17.8 Å². The van der Waals surface area contributed by atoms with Crippen LogP contribution in [0, 0.1) is 0 Å². The van der Waals surface area contributed by atoms with Crippen LogP contribution in [0.25, 0.3) is 0 Å². The van der Waals surface area contributed by atoms with Crippen LogP contribution in [0.5, 0.6) is 5.75 Å². The molecule has 1 aliphatic heterocycles. The molecule has 0 unspecified atom stereocenters. The molecule has 0 saturated carbocycles. The SMILES string of the molecule is Cn1nc2c(c1NC(=O)COc1ccccc1)CN(C(=O)OC(C)(C)C)CC2. The number of ether oxygens (including phenoxy) is 2.